The lowest BCUT2D eigenvalue weighted by molar-refractivity contribution is -0.164. The van der Waals surface area contributed by atoms with Gasteiger partial charge in [0.05, 0.1) is 19.1 Å². The maximum Gasteiger partial charge on any atom is 0.336 e. The molecule has 0 aliphatic carbocycles. The number of hydrogen-bond acceptors (Lipinski definition) is 5. The van der Waals surface area contributed by atoms with Gasteiger partial charge in [0.1, 0.15) is 5.76 Å². The van der Waals surface area contributed by atoms with Gasteiger partial charge in [0, 0.05) is 6.42 Å². The van der Waals surface area contributed by atoms with Crippen molar-refractivity contribution in [2.24, 2.45) is 0 Å². The number of esters is 1. The van der Waals surface area contributed by atoms with E-state index in [0.717, 1.165) is 0 Å². The number of fused-ring (bicyclic) bond motifs is 1. The molecule has 0 aromatic carbocycles. The second-order valence-corrected chi connectivity index (χ2v) is 4.14. The maximum atomic E-state index is 11.7. The zero-order valence-electron chi connectivity index (χ0n) is 10.3. The molecule has 2 aliphatic heterocycles. The molecule has 2 atom stereocenters. The molecule has 7 nitrogen and oxygen atoms in total. The lowest BCUT2D eigenvalue weighted by Crippen LogP contribution is -2.55. The van der Waals surface area contributed by atoms with Gasteiger partial charge in [0.15, 0.2) is 12.3 Å². The maximum absolute atomic E-state index is 11.7. The first kappa shape index (κ1) is 13.1. The van der Waals surface area contributed by atoms with Gasteiger partial charge in [-0.1, -0.05) is 6.08 Å². The van der Waals surface area contributed by atoms with E-state index in [1.807, 2.05) is 0 Å². The summed E-state index contributed by atoms with van der Waals surface area (Å²) < 4.78 is 10.0. The Morgan fingerprint density at radius 1 is 1.63 bits per heavy atom. The molecule has 19 heavy (non-hydrogen) atoms. The molecule has 2 aliphatic rings. The van der Waals surface area contributed by atoms with E-state index < -0.39 is 24.2 Å². The van der Waals surface area contributed by atoms with E-state index in [0.29, 0.717) is 0 Å². The molecule has 2 saturated heterocycles. The molecule has 2 heterocycles. The Kier molecular flexibility index (Phi) is 3.28. The van der Waals surface area contributed by atoms with Crippen LogP contribution in [0.4, 0.5) is 0 Å². The Morgan fingerprint density at radius 3 is 2.79 bits per heavy atom. The van der Waals surface area contributed by atoms with Crippen LogP contribution in [-0.4, -0.2) is 47.2 Å². The van der Waals surface area contributed by atoms with E-state index in [1.165, 1.54) is 18.1 Å². The fourth-order valence-electron chi connectivity index (χ4n) is 2.15. The first-order valence-corrected chi connectivity index (χ1v) is 5.64. The Labute approximate surface area is 109 Å². The Balaban J connectivity index is 2.45. The van der Waals surface area contributed by atoms with Gasteiger partial charge >= 0.3 is 11.9 Å². The minimum Gasteiger partial charge on any atom is -0.478 e. The molecule has 0 aromatic heterocycles. The number of amides is 1. The molecule has 1 unspecified atom stereocenters. The van der Waals surface area contributed by atoms with E-state index in [9.17, 15) is 14.4 Å². The Hall–Kier alpha value is -2.31. The van der Waals surface area contributed by atoms with Gasteiger partial charge in [-0.3, -0.25) is 9.69 Å². The molecule has 2 fully saturated rings. The number of hydrogen-bond donors (Lipinski definition) is 1. The van der Waals surface area contributed by atoms with E-state index in [4.69, 9.17) is 9.84 Å². The zero-order chi connectivity index (χ0) is 14.2. The van der Waals surface area contributed by atoms with Crippen LogP contribution in [0.3, 0.4) is 0 Å². The number of methoxy groups -OCH3 is 1. The average molecular weight is 267 g/mol. The molecule has 102 valence electrons. The van der Waals surface area contributed by atoms with Crippen LogP contribution in [0.15, 0.2) is 24.0 Å². The molecule has 0 aromatic rings. The number of carbonyl (C=O) groups excluding carboxylic acids is 2. The average Bonchev–Trinajstić information content (AvgIpc) is 2.67. The van der Waals surface area contributed by atoms with Crippen molar-refractivity contribution < 1.29 is 29.0 Å². The van der Waals surface area contributed by atoms with Crippen LogP contribution in [0.5, 0.6) is 0 Å². The summed E-state index contributed by atoms with van der Waals surface area (Å²) in [7, 11) is 1.17. The van der Waals surface area contributed by atoms with Gasteiger partial charge in [-0.15, -0.1) is 6.58 Å². The highest BCUT2D eigenvalue weighted by Crippen LogP contribution is 2.38. The summed E-state index contributed by atoms with van der Waals surface area (Å²) in [5, 5.41) is 9.15. The van der Waals surface area contributed by atoms with Crippen molar-refractivity contribution in [2.45, 2.75) is 25.1 Å². The third-order valence-corrected chi connectivity index (χ3v) is 3.07. The van der Waals surface area contributed by atoms with Crippen LogP contribution >= 0.6 is 0 Å². The number of aliphatic carboxylic acids is 1. The minimum atomic E-state index is -1.21. The van der Waals surface area contributed by atoms with Crippen molar-refractivity contribution in [1.29, 1.82) is 0 Å². The van der Waals surface area contributed by atoms with Gasteiger partial charge < -0.3 is 14.6 Å². The van der Waals surface area contributed by atoms with Gasteiger partial charge in [-0.05, 0) is 0 Å². The summed E-state index contributed by atoms with van der Waals surface area (Å²) in [5.74, 6) is -2.22. The zero-order valence-corrected chi connectivity index (χ0v) is 10.3. The first-order chi connectivity index (χ1) is 9.01. The van der Waals surface area contributed by atoms with Gasteiger partial charge in [0.25, 0.3) is 0 Å². The molecule has 2 rings (SSSR count). The van der Waals surface area contributed by atoms with Crippen molar-refractivity contribution in [3.8, 4) is 0 Å². The second kappa shape index (κ2) is 4.75. The van der Waals surface area contributed by atoms with Gasteiger partial charge in [0.2, 0.25) is 5.91 Å². The summed E-state index contributed by atoms with van der Waals surface area (Å²) in [4.78, 5) is 35.6. The highest BCUT2D eigenvalue weighted by molar-refractivity contribution is 5.95. The molecule has 1 amide bonds. The third-order valence-electron chi connectivity index (χ3n) is 3.07. The molecule has 0 radical (unpaired) electrons. The molecule has 0 spiro atoms. The van der Waals surface area contributed by atoms with E-state index in [-0.39, 0.29) is 30.1 Å². The lowest BCUT2D eigenvalue weighted by atomic mass is 10.0. The number of rotatable bonds is 4. The smallest absolute Gasteiger partial charge is 0.336 e. The molecular weight excluding hydrogens is 254 g/mol. The number of allylic oxidation sites excluding steroid dienone is 1. The number of carboxylic acid groups (broad SMARTS) is 1. The largest absolute Gasteiger partial charge is 0.478 e. The number of carboxylic acids is 1. The van der Waals surface area contributed by atoms with Gasteiger partial charge in [-0.2, -0.15) is 0 Å². The number of ether oxygens (including phenoxy) is 2. The summed E-state index contributed by atoms with van der Waals surface area (Å²) in [5.41, 5.74) is -0.0902. The van der Waals surface area contributed by atoms with E-state index in [1.54, 1.807) is 0 Å². The first-order valence-electron chi connectivity index (χ1n) is 5.64. The van der Waals surface area contributed by atoms with Gasteiger partial charge in [-0.25, -0.2) is 9.59 Å². The predicted molar refractivity (Wildman–Crippen MR) is 61.6 cm³/mol. The van der Waals surface area contributed by atoms with Crippen LogP contribution < -0.4 is 0 Å². The third kappa shape index (κ3) is 1.96. The van der Waals surface area contributed by atoms with Crippen LogP contribution in [0.25, 0.3) is 0 Å². The van der Waals surface area contributed by atoms with Crippen molar-refractivity contribution in [3.63, 3.8) is 0 Å². The molecule has 0 bridgehead atoms. The van der Waals surface area contributed by atoms with Crippen LogP contribution in [0.2, 0.25) is 0 Å². The molecule has 1 N–H and O–H groups in total. The molecule has 0 saturated carbocycles. The summed E-state index contributed by atoms with van der Waals surface area (Å²) in [6, 6.07) is -1.11. The lowest BCUT2D eigenvalue weighted by Gasteiger charge is -2.33. The second-order valence-electron chi connectivity index (χ2n) is 4.14. The Bertz CT molecular complexity index is 494. The normalized spacial score (nSPS) is 27.0. The number of β-lactam (4-membered cyclic amide) rings is 1. The van der Waals surface area contributed by atoms with Crippen molar-refractivity contribution in [1.82, 2.24) is 4.90 Å². The van der Waals surface area contributed by atoms with Crippen molar-refractivity contribution in [2.75, 3.05) is 7.11 Å². The predicted octanol–water partition coefficient (Wildman–Crippen LogP) is 0.0314. The SMILES string of the molecule is C=CC/C(C(=O)O)=C1\O[C@@H]2CC(=O)N2C1C(=O)OC. The van der Waals surface area contributed by atoms with E-state index in [2.05, 4.69) is 11.3 Å². The minimum absolute atomic E-state index is 0.0323. The standard InChI is InChI=1S/C12H13NO6/c1-3-4-6(11(15)16)10-9(12(17)18-2)13-7(14)5-8(13)19-10/h3,8-9H,1,4-5H2,2H3,(H,15,16)/b10-6+/t8-,9?/m1/s1. The van der Waals surface area contributed by atoms with E-state index >= 15 is 0 Å². The Morgan fingerprint density at radius 2 is 2.32 bits per heavy atom. The summed E-state index contributed by atoms with van der Waals surface area (Å²) in [6.45, 7) is 3.46. The number of nitrogens with zero attached hydrogens (tertiary/aromatic N) is 1. The summed E-state index contributed by atoms with van der Waals surface area (Å²) in [6.07, 6.45) is 0.988. The molecular formula is C12H13NO6. The van der Waals surface area contributed by atoms with Crippen LogP contribution in [0.1, 0.15) is 12.8 Å². The fourth-order valence-corrected chi connectivity index (χ4v) is 2.15. The molecule has 7 heteroatoms. The highest BCUT2D eigenvalue weighted by Gasteiger charge is 2.55. The van der Waals surface area contributed by atoms with Crippen LogP contribution in [0, 0.1) is 0 Å². The number of carbonyl (C=O) groups is 3. The van der Waals surface area contributed by atoms with Crippen molar-refractivity contribution >= 4 is 17.8 Å². The van der Waals surface area contributed by atoms with Crippen molar-refractivity contribution in [3.05, 3.63) is 24.0 Å². The monoisotopic (exact) mass is 267 g/mol. The summed E-state index contributed by atoms with van der Waals surface area (Å²) >= 11 is 0. The fraction of sp³-hybridized carbons (Fsp3) is 0.417. The quantitative estimate of drug-likeness (QED) is 0.334. The topological polar surface area (TPSA) is 93.1 Å². The van der Waals surface area contributed by atoms with Crippen LogP contribution in [-0.2, 0) is 23.9 Å². The highest BCUT2D eigenvalue weighted by atomic mass is 16.6.